The maximum Gasteiger partial charge on any atom is 0.241 e. The largest absolute Gasteiger partial charge is 0.342 e. The number of aromatic amines is 1. The Morgan fingerprint density at radius 2 is 2.16 bits per heavy atom. The topological polar surface area (TPSA) is 73.0 Å². The van der Waals surface area contributed by atoms with Crippen molar-refractivity contribution in [3.63, 3.8) is 0 Å². The summed E-state index contributed by atoms with van der Waals surface area (Å²) in [4.78, 5) is 22.7. The monoisotopic (exact) mass is 343 g/mol. The number of aromatic nitrogens is 2. The number of likely N-dealkylation sites (N-methyl/N-ethyl adjacent to an activating group) is 1. The van der Waals surface area contributed by atoms with Crippen molar-refractivity contribution in [2.45, 2.75) is 58.5 Å². The number of carbonyl (C=O) groups is 1. The van der Waals surface area contributed by atoms with Gasteiger partial charge in [0.1, 0.15) is 11.9 Å². The number of imidazole rings is 1. The highest BCUT2D eigenvalue weighted by molar-refractivity contribution is 5.82. The quantitative estimate of drug-likeness (QED) is 0.721. The molecule has 2 unspecified atom stereocenters. The molecule has 2 heterocycles. The van der Waals surface area contributed by atoms with Crippen LogP contribution in [-0.4, -0.2) is 45.9 Å². The lowest BCUT2D eigenvalue weighted by molar-refractivity contribution is -0.133. The third kappa shape index (κ3) is 4.19. The zero-order valence-corrected chi connectivity index (χ0v) is 15.4. The average Bonchev–Trinajstić information content (AvgIpc) is 3.21. The predicted molar refractivity (Wildman–Crippen MR) is 100 cm³/mol. The number of aryl methyl sites for hydroxylation is 1. The minimum Gasteiger partial charge on any atom is -0.342 e. The maximum absolute atomic E-state index is 12.8. The molecule has 136 valence electrons. The molecule has 6 nitrogen and oxygen atoms in total. The predicted octanol–water partition coefficient (Wildman–Crippen LogP) is 2.30. The van der Waals surface area contributed by atoms with Gasteiger partial charge in [0, 0.05) is 25.6 Å². The molecular weight excluding hydrogens is 314 g/mol. The number of rotatable bonds is 7. The van der Waals surface area contributed by atoms with Crippen LogP contribution in [0.25, 0.3) is 11.0 Å². The lowest BCUT2D eigenvalue weighted by Gasteiger charge is -2.23. The minimum atomic E-state index is -0.116. The molecule has 3 rings (SSSR count). The molecule has 25 heavy (non-hydrogen) atoms. The Morgan fingerprint density at radius 3 is 2.92 bits per heavy atom. The number of fused-ring (bicyclic) bond motifs is 1. The second-order valence-electron chi connectivity index (χ2n) is 6.93. The van der Waals surface area contributed by atoms with E-state index in [1.807, 2.05) is 17.9 Å². The smallest absolute Gasteiger partial charge is 0.241 e. The fraction of sp³-hybridized carbons (Fsp3) is 0.579. The molecular formula is C19H29N5O. The molecule has 1 aliphatic rings. The van der Waals surface area contributed by atoms with Crippen LogP contribution in [0.2, 0.25) is 0 Å². The van der Waals surface area contributed by atoms with Crippen LogP contribution in [0.15, 0.2) is 18.2 Å². The van der Waals surface area contributed by atoms with E-state index in [4.69, 9.17) is 0 Å². The van der Waals surface area contributed by atoms with Gasteiger partial charge in [-0.3, -0.25) is 10.2 Å². The van der Waals surface area contributed by atoms with E-state index in [0.717, 1.165) is 49.1 Å². The van der Waals surface area contributed by atoms with E-state index in [0.29, 0.717) is 12.6 Å². The second kappa shape index (κ2) is 7.97. The van der Waals surface area contributed by atoms with Crippen LogP contribution in [0.4, 0.5) is 0 Å². The fourth-order valence-corrected chi connectivity index (χ4v) is 3.50. The standard InChI is InChI=1S/C19H29N5O/c1-4-6-14-12-17(23-22-14)19(25)24(5-2)10-9-18-20-15-8-7-13(3)11-16(15)21-18/h7-8,11,14,17,22-23H,4-6,9-10,12H2,1-3H3,(H,20,21). The number of carbonyl (C=O) groups excluding carboxylic acids is 1. The van der Waals surface area contributed by atoms with Crippen LogP contribution in [0.3, 0.4) is 0 Å². The highest BCUT2D eigenvalue weighted by atomic mass is 16.2. The number of hydrogen-bond acceptors (Lipinski definition) is 4. The number of nitrogens with one attached hydrogen (secondary N) is 3. The molecule has 0 radical (unpaired) electrons. The van der Waals surface area contributed by atoms with Crippen LogP contribution in [0.1, 0.15) is 44.5 Å². The van der Waals surface area contributed by atoms with Gasteiger partial charge in [0.2, 0.25) is 5.91 Å². The molecule has 1 aromatic heterocycles. The van der Waals surface area contributed by atoms with Gasteiger partial charge in [0.05, 0.1) is 11.0 Å². The van der Waals surface area contributed by atoms with E-state index >= 15 is 0 Å². The van der Waals surface area contributed by atoms with Crippen molar-refractivity contribution >= 4 is 16.9 Å². The van der Waals surface area contributed by atoms with Crippen molar-refractivity contribution in [1.82, 2.24) is 25.7 Å². The van der Waals surface area contributed by atoms with Gasteiger partial charge in [-0.05, 0) is 44.4 Å². The summed E-state index contributed by atoms with van der Waals surface area (Å²) in [6.45, 7) is 7.68. The molecule has 2 atom stereocenters. The van der Waals surface area contributed by atoms with Gasteiger partial charge in [0.25, 0.3) is 0 Å². The Kier molecular flexibility index (Phi) is 5.71. The molecule has 1 aromatic carbocycles. The van der Waals surface area contributed by atoms with Crippen LogP contribution >= 0.6 is 0 Å². The summed E-state index contributed by atoms with van der Waals surface area (Å²) in [6.07, 6.45) is 3.84. The number of H-pyrrole nitrogens is 1. The van der Waals surface area contributed by atoms with E-state index < -0.39 is 0 Å². The van der Waals surface area contributed by atoms with Gasteiger partial charge in [-0.15, -0.1) is 0 Å². The van der Waals surface area contributed by atoms with E-state index in [9.17, 15) is 4.79 Å². The molecule has 0 saturated carbocycles. The Labute approximate surface area is 149 Å². The van der Waals surface area contributed by atoms with Crippen molar-refractivity contribution in [3.05, 3.63) is 29.6 Å². The Morgan fingerprint density at radius 1 is 1.32 bits per heavy atom. The Bertz CT molecular complexity index is 726. The maximum atomic E-state index is 12.8. The first-order valence-electron chi connectivity index (χ1n) is 9.35. The van der Waals surface area contributed by atoms with E-state index in [1.165, 1.54) is 5.56 Å². The fourth-order valence-electron chi connectivity index (χ4n) is 3.50. The number of hydrogen-bond donors (Lipinski definition) is 3. The first-order valence-corrected chi connectivity index (χ1v) is 9.35. The second-order valence-corrected chi connectivity index (χ2v) is 6.93. The Hall–Kier alpha value is -1.92. The third-order valence-electron chi connectivity index (χ3n) is 4.92. The van der Waals surface area contributed by atoms with Gasteiger partial charge in [-0.2, -0.15) is 0 Å². The highest BCUT2D eigenvalue weighted by Gasteiger charge is 2.31. The first kappa shape index (κ1) is 17.9. The first-order chi connectivity index (χ1) is 12.1. The SMILES string of the molecule is CCCC1CC(C(=O)N(CC)CCc2nc3ccc(C)cc3[nH]2)NN1. The summed E-state index contributed by atoms with van der Waals surface area (Å²) in [7, 11) is 0. The number of amides is 1. The minimum absolute atomic E-state index is 0.116. The van der Waals surface area contributed by atoms with Crippen LogP contribution in [0.5, 0.6) is 0 Å². The summed E-state index contributed by atoms with van der Waals surface area (Å²) < 4.78 is 0. The van der Waals surface area contributed by atoms with E-state index in [2.05, 4.69) is 46.8 Å². The molecule has 0 spiro atoms. The van der Waals surface area contributed by atoms with Crippen molar-refractivity contribution in [3.8, 4) is 0 Å². The summed E-state index contributed by atoms with van der Waals surface area (Å²) in [5, 5.41) is 0. The van der Waals surface area contributed by atoms with Gasteiger partial charge in [-0.1, -0.05) is 19.4 Å². The number of benzene rings is 1. The summed E-state index contributed by atoms with van der Waals surface area (Å²) >= 11 is 0. The number of nitrogens with zero attached hydrogens (tertiary/aromatic N) is 2. The average molecular weight is 343 g/mol. The summed E-state index contributed by atoms with van der Waals surface area (Å²) in [6, 6.07) is 6.50. The molecule has 1 aliphatic heterocycles. The molecule has 3 N–H and O–H groups in total. The lowest BCUT2D eigenvalue weighted by Crippen LogP contribution is -2.46. The molecule has 1 fully saturated rings. The van der Waals surface area contributed by atoms with Crippen molar-refractivity contribution in [2.75, 3.05) is 13.1 Å². The van der Waals surface area contributed by atoms with Gasteiger partial charge in [-0.25, -0.2) is 10.4 Å². The number of hydrazine groups is 1. The molecule has 1 amide bonds. The van der Waals surface area contributed by atoms with Crippen molar-refractivity contribution < 1.29 is 4.79 Å². The molecule has 0 aliphatic carbocycles. The van der Waals surface area contributed by atoms with Gasteiger partial charge >= 0.3 is 0 Å². The van der Waals surface area contributed by atoms with Crippen LogP contribution in [0, 0.1) is 6.92 Å². The van der Waals surface area contributed by atoms with Crippen LogP contribution < -0.4 is 10.9 Å². The van der Waals surface area contributed by atoms with E-state index in [-0.39, 0.29) is 11.9 Å². The normalized spacial score (nSPS) is 20.3. The summed E-state index contributed by atoms with van der Waals surface area (Å²) in [5.41, 5.74) is 9.68. The molecule has 2 aromatic rings. The molecule has 6 heteroatoms. The molecule has 1 saturated heterocycles. The summed E-state index contributed by atoms with van der Waals surface area (Å²) in [5.74, 6) is 1.12. The zero-order valence-electron chi connectivity index (χ0n) is 15.4. The zero-order chi connectivity index (χ0) is 17.8. The van der Waals surface area contributed by atoms with Crippen molar-refractivity contribution in [2.24, 2.45) is 0 Å². The highest BCUT2D eigenvalue weighted by Crippen LogP contribution is 2.15. The molecule has 0 bridgehead atoms. The van der Waals surface area contributed by atoms with E-state index in [1.54, 1.807) is 0 Å². The van der Waals surface area contributed by atoms with Crippen LogP contribution in [-0.2, 0) is 11.2 Å². The Balaban J connectivity index is 1.58. The van der Waals surface area contributed by atoms with Gasteiger partial charge < -0.3 is 9.88 Å². The van der Waals surface area contributed by atoms with Crippen molar-refractivity contribution in [1.29, 1.82) is 0 Å². The lowest BCUT2D eigenvalue weighted by atomic mass is 10.1. The third-order valence-corrected chi connectivity index (χ3v) is 4.92. The van der Waals surface area contributed by atoms with Gasteiger partial charge in [0.15, 0.2) is 0 Å².